The molecular formula is C13H9Br2N5. The normalized spacial score (nSPS) is 10.9. The van der Waals surface area contributed by atoms with Crippen molar-refractivity contribution in [2.75, 3.05) is 11.5 Å². The summed E-state index contributed by atoms with van der Waals surface area (Å²) in [4.78, 5) is 12.8. The molecule has 0 radical (unpaired) electrons. The maximum absolute atomic E-state index is 5.98. The van der Waals surface area contributed by atoms with Gasteiger partial charge >= 0.3 is 0 Å². The lowest BCUT2D eigenvalue weighted by atomic mass is 10.2. The van der Waals surface area contributed by atoms with Crippen LogP contribution in [0.3, 0.4) is 0 Å². The minimum Gasteiger partial charge on any atom is -0.384 e. The minimum absolute atomic E-state index is 0.387. The third-order valence-electron chi connectivity index (χ3n) is 2.81. The monoisotopic (exact) mass is 393 g/mol. The van der Waals surface area contributed by atoms with Gasteiger partial charge in [0, 0.05) is 19.9 Å². The molecule has 100 valence electrons. The van der Waals surface area contributed by atoms with Crippen LogP contribution in [-0.4, -0.2) is 15.0 Å². The maximum atomic E-state index is 5.98. The quantitative estimate of drug-likeness (QED) is 0.660. The van der Waals surface area contributed by atoms with E-state index in [0.29, 0.717) is 28.4 Å². The fourth-order valence-electron chi connectivity index (χ4n) is 1.84. The average Bonchev–Trinajstić information content (AvgIpc) is 2.42. The van der Waals surface area contributed by atoms with Crippen molar-refractivity contribution in [1.29, 1.82) is 0 Å². The van der Waals surface area contributed by atoms with Crippen molar-refractivity contribution in [1.82, 2.24) is 15.0 Å². The maximum Gasteiger partial charge on any atom is 0.162 e. The zero-order chi connectivity index (χ0) is 14.3. The van der Waals surface area contributed by atoms with Crippen LogP contribution in [0.25, 0.3) is 22.3 Å². The number of nitrogens with two attached hydrogens (primary N) is 2. The van der Waals surface area contributed by atoms with Gasteiger partial charge in [-0.2, -0.15) is 0 Å². The van der Waals surface area contributed by atoms with Gasteiger partial charge in [0.15, 0.2) is 5.82 Å². The molecule has 0 spiro atoms. The van der Waals surface area contributed by atoms with Gasteiger partial charge in [0.1, 0.15) is 11.6 Å². The first-order chi connectivity index (χ1) is 9.54. The fourth-order valence-corrected chi connectivity index (χ4v) is 2.46. The first-order valence-electron chi connectivity index (χ1n) is 5.69. The number of fused-ring (bicyclic) bond motifs is 1. The van der Waals surface area contributed by atoms with E-state index >= 15 is 0 Å². The van der Waals surface area contributed by atoms with Crippen molar-refractivity contribution in [3.05, 3.63) is 39.4 Å². The van der Waals surface area contributed by atoms with Crippen LogP contribution in [0, 0.1) is 0 Å². The standard InChI is InChI=1S/C13H9Br2N5/c14-8-2-1-6(3-9(8)15)13-19-10-5-18-11(16)4-7(10)12(17)20-13/h1-5H,(H2,16,18)(H2,17,19,20). The Morgan fingerprint density at radius 3 is 2.50 bits per heavy atom. The van der Waals surface area contributed by atoms with E-state index in [-0.39, 0.29) is 0 Å². The number of benzene rings is 1. The van der Waals surface area contributed by atoms with Crippen LogP contribution in [0.4, 0.5) is 11.6 Å². The third-order valence-corrected chi connectivity index (χ3v) is 4.69. The Bertz CT molecular complexity index is 819. The van der Waals surface area contributed by atoms with Crippen LogP contribution in [0.5, 0.6) is 0 Å². The molecule has 2 aromatic heterocycles. The van der Waals surface area contributed by atoms with Crippen molar-refractivity contribution in [2.24, 2.45) is 0 Å². The Hall–Kier alpha value is -1.73. The number of pyridine rings is 1. The topological polar surface area (TPSA) is 90.7 Å². The Balaban J connectivity index is 2.21. The Morgan fingerprint density at radius 2 is 1.75 bits per heavy atom. The van der Waals surface area contributed by atoms with Crippen LogP contribution in [0.2, 0.25) is 0 Å². The van der Waals surface area contributed by atoms with E-state index in [1.165, 1.54) is 0 Å². The molecular weight excluding hydrogens is 386 g/mol. The largest absolute Gasteiger partial charge is 0.384 e. The molecule has 1 aromatic carbocycles. The molecule has 0 aliphatic rings. The number of aromatic nitrogens is 3. The summed E-state index contributed by atoms with van der Waals surface area (Å²) in [6, 6.07) is 7.44. The molecule has 7 heteroatoms. The highest BCUT2D eigenvalue weighted by molar-refractivity contribution is 9.13. The highest BCUT2D eigenvalue weighted by atomic mass is 79.9. The predicted octanol–water partition coefficient (Wildman–Crippen LogP) is 3.38. The summed E-state index contributed by atoms with van der Waals surface area (Å²) in [5.41, 5.74) is 13.2. The third kappa shape index (κ3) is 2.34. The molecule has 5 nitrogen and oxygen atoms in total. The molecule has 0 saturated heterocycles. The van der Waals surface area contributed by atoms with Gasteiger partial charge < -0.3 is 11.5 Å². The average molecular weight is 395 g/mol. The molecule has 3 rings (SSSR count). The summed E-state index contributed by atoms with van der Waals surface area (Å²) in [7, 11) is 0. The number of hydrogen-bond acceptors (Lipinski definition) is 5. The summed E-state index contributed by atoms with van der Waals surface area (Å²) in [6.45, 7) is 0. The van der Waals surface area contributed by atoms with Crippen molar-refractivity contribution >= 4 is 54.4 Å². The summed E-state index contributed by atoms with van der Waals surface area (Å²) >= 11 is 6.89. The van der Waals surface area contributed by atoms with Crippen LogP contribution in [-0.2, 0) is 0 Å². The zero-order valence-corrected chi connectivity index (χ0v) is 13.3. The van der Waals surface area contributed by atoms with E-state index in [4.69, 9.17) is 11.5 Å². The molecule has 20 heavy (non-hydrogen) atoms. The lowest BCUT2D eigenvalue weighted by molar-refractivity contribution is 1.21. The molecule has 0 aliphatic carbocycles. The lowest BCUT2D eigenvalue weighted by Crippen LogP contribution is -2.00. The second kappa shape index (κ2) is 4.99. The zero-order valence-electron chi connectivity index (χ0n) is 10.1. The highest BCUT2D eigenvalue weighted by Crippen LogP contribution is 2.29. The van der Waals surface area contributed by atoms with Gasteiger partial charge in [0.05, 0.1) is 11.7 Å². The van der Waals surface area contributed by atoms with Gasteiger partial charge in [0.2, 0.25) is 0 Å². The predicted molar refractivity (Wildman–Crippen MR) is 87.0 cm³/mol. The van der Waals surface area contributed by atoms with Crippen LogP contribution < -0.4 is 11.5 Å². The van der Waals surface area contributed by atoms with E-state index in [1.54, 1.807) is 12.3 Å². The molecule has 0 atom stereocenters. The molecule has 0 bridgehead atoms. The van der Waals surface area contributed by atoms with Gasteiger partial charge in [-0.3, -0.25) is 0 Å². The van der Waals surface area contributed by atoms with Gasteiger partial charge in [-0.25, -0.2) is 15.0 Å². The van der Waals surface area contributed by atoms with E-state index in [1.807, 2.05) is 18.2 Å². The van der Waals surface area contributed by atoms with E-state index in [0.717, 1.165) is 14.5 Å². The molecule has 3 aromatic rings. The SMILES string of the molecule is Nc1cc2c(N)nc(-c3ccc(Br)c(Br)c3)nc2cn1. The number of nitrogens with zero attached hydrogens (tertiary/aromatic N) is 3. The second-order valence-corrected chi connectivity index (χ2v) is 5.90. The van der Waals surface area contributed by atoms with E-state index < -0.39 is 0 Å². The van der Waals surface area contributed by atoms with Gasteiger partial charge in [0.25, 0.3) is 0 Å². The minimum atomic E-state index is 0.387. The second-order valence-electron chi connectivity index (χ2n) is 4.19. The summed E-state index contributed by atoms with van der Waals surface area (Å²) in [6.07, 6.45) is 1.60. The molecule has 0 aliphatic heterocycles. The molecule has 0 unspecified atom stereocenters. The number of rotatable bonds is 1. The molecule has 4 N–H and O–H groups in total. The van der Waals surface area contributed by atoms with E-state index in [9.17, 15) is 0 Å². The Morgan fingerprint density at radius 1 is 0.950 bits per heavy atom. The molecule has 2 heterocycles. The van der Waals surface area contributed by atoms with Crippen molar-refractivity contribution < 1.29 is 0 Å². The first-order valence-corrected chi connectivity index (χ1v) is 7.27. The van der Waals surface area contributed by atoms with Crippen molar-refractivity contribution in [3.63, 3.8) is 0 Å². The van der Waals surface area contributed by atoms with Gasteiger partial charge in [-0.1, -0.05) is 0 Å². The van der Waals surface area contributed by atoms with Crippen LogP contribution >= 0.6 is 31.9 Å². The first kappa shape index (κ1) is 13.3. The van der Waals surface area contributed by atoms with Crippen LogP contribution in [0.1, 0.15) is 0 Å². The smallest absolute Gasteiger partial charge is 0.162 e. The number of anilines is 2. The van der Waals surface area contributed by atoms with Gasteiger partial charge in [-0.15, -0.1) is 0 Å². The summed E-state index contributed by atoms with van der Waals surface area (Å²) in [5, 5.41) is 0.706. The van der Waals surface area contributed by atoms with Crippen molar-refractivity contribution in [2.45, 2.75) is 0 Å². The molecule has 0 fully saturated rings. The molecule has 0 saturated carbocycles. The Kier molecular flexibility index (Phi) is 3.31. The number of nitrogen functional groups attached to an aromatic ring is 2. The summed E-state index contributed by atoms with van der Waals surface area (Å²) < 4.78 is 1.89. The molecule has 0 amide bonds. The van der Waals surface area contributed by atoms with Crippen LogP contribution in [0.15, 0.2) is 39.4 Å². The fraction of sp³-hybridized carbons (Fsp3) is 0. The highest BCUT2D eigenvalue weighted by Gasteiger charge is 2.09. The number of halogens is 2. The van der Waals surface area contributed by atoms with Crippen molar-refractivity contribution in [3.8, 4) is 11.4 Å². The lowest BCUT2D eigenvalue weighted by Gasteiger charge is -2.07. The summed E-state index contributed by atoms with van der Waals surface area (Å²) in [5.74, 6) is 1.33. The van der Waals surface area contributed by atoms with E-state index in [2.05, 4.69) is 46.8 Å². The number of hydrogen-bond donors (Lipinski definition) is 2. The van der Waals surface area contributed by atoms with Gasteiger partial charge in [-0.05, 0) is 56.1 Å². The Labute approximate surface area is 131 Å².